The molecule has 1 aliphatic heterocycles. The molecule has 136 valence electrons. The molecule has 0 saturated carbocycles. The van der Waals surface area contributed by atoms with Crippen LogP contribution in [0.1, 0.15) is 12.5 Å². The second kappa shape index (κ2) is 7.37. The maximum absolute atomic E-state index is 12.8. The number of nitrogens with zero attached hydrogens (tertiary/aromatic N) is 1. The Kier molecular flexibility index (Phi) is 5.18. The number of hydrogen-bond acceptors (Lipinski definition) is 4. The van der Waals surface area contributed by atoms with Gasteiger partial charge in [-0.15, -0.1) is 0 Å². The molecule has 1 heterocycles. The highest BCUT2D eigenvalue weighted by Crippen LogP contribution is 2.30. The van der Waals surface area contributed by atoms with E-state index in [1.165, 1.54) is 4.90 Å². The second-order valence-electron chi connectivity index (χ2n) is 6.05. The molecule has 3 amide bonds. The Hall–Kier alpha value is -2.54. The average molecular weight is 419 g/mol. The number of ether oxygens (including phenoxy) is 2. The third-order valence-corrected chi connectivity index (χ3v) is 4.81. The highest BCUT2D eigenvalue weighted by molar-refractivity contribution is 9.10. The maximum Gasteiger partial charge on any atom is 0.325 e. The summed E-state index contributed by atoms with van der Waals surface area (Å²) in [5.74, 6) is 1.09. The molecule has 1 fully saturated rings. The fourth-order valence-electron chi connectivity index (χ4n) is 2.82. The molecular formula is C19H19BrN2O4. The van der Waals surface area contributed by atoms with Crippen molar-refractivity contribution in [2.45, 2.75) is 12.5 Å². The van der Waals surface area contributed by atoms with E-state index in [0.29, 0.717) is 5.75 Å². The van der Waals surface area contributed by atoms with Gasteiger partial charge in [-0.25, -0.2) is 4.79 Å². The molecule has 0 spiro atoms. The van der Waals surface area contributed by atoms with Crippen molar-refractivity contribution in [2.24, 2.45) is 0 Å². The van der Waals surface area contributed by atoms with Crippen molar-refractivity contribution in [3.8, 4) is 11.5 Å². The molecule has 0 bridgehead atoms. The van der Waals surface area contributed by atoms with Crippen LogP contribution in [0.25, 0.3) is 0 Å². The van der Waals surface area contributed by atoms with E-state index >= 15 is 0 Å². The van der Waals surface area contributed by atoms with Crippen LogP contribution >= 0.6 is 15.9 Å². The van der Waals surface area contributed by atoms with Crippen LogP contribution < -0.4 is 14.8 Å². The average Bonchev–Trinajstić information content (AvgIpc) is 2.86. The van der Waals surface area contributed by atoms with Gasteiger partial charge < -0.3 is 14.8 Å². The minimum Gasteiger partial charge on any atom is -0.497 e. The first-order valence-corrected chi connectivity index (χ1v) is 8.90. The molecule has 26 heavy (non-hydrogen) atoms. The van der Waals surface area contributed by atoms with Crippen molar-refractivity contribution in [3.63, 3.8) is 0 Å². The first kappa shape index (κ1) is 18.3. The van der Waals surface area contributed by atoms with E-state index in [4.69, 9.17) is 9.47 Å². The molecule has 3 rings (SSSR count). The number of imide groups is 1. The van der Waals surface area contributed by atoms with E-state index in [0.717, 1.165) is 15.8 Å². The van der Waals surface area contributed by atoms with Crippen LogP contribution in [-0.4, -0.2) is 37.1 Å². The van der Waals surface area contributed by atoms with Crippen LogP contribution in [-0.2, 0) is 10.3 Å². The number of methoxy groups -OCH3 is 1. The van der Waals surface area contributed by atoms with Gasteiger partial charge in [0.1, 0.15) is 23.6 Å². The smallest absolute Gasteiger partial charge is 0.325 e. The lowest BCUT2D eigenvalue weighted by molar-refractivity contribution is -0.131. The number of nitrogens with one attached hydrogen (secondary N) is 1. The van der Waals surface area contributed by atoms with E-state index in [-0.39, 0.29) is 19.1 Å². The number of carbonyl (C=O) groups excluding carboxylic acids is 2. The molecule has 0 radical (unpaired) electrons. The zero-order chi connectivity index (χ0) is 18.7. The Bertz CT molecular complexity index is 825. The van der Waals surface area contributed by atoms with Crippen LogP contribution in [0.2, 0.25) is 0 Å². The summed E-state index contributed by atoms with van der Waals surface area (Å²) in [7, 11) is 1.59. The lowest BCUT2D eigenvalue weighted by Crippen LogP contribution is -2.41. The van der Waals surface area contributed by atoms with E-state index in [1.54, 1.807) is 38.3 Å². The monoisotopic (exact) mass is 418 g/mol. The van der Waals surface area contributed by atoms with Crippen molar-refractivity contribution in [2.75, 3.05) is 20.3 Å². The lowest BCUT2D eigenvalue weighted by Gasteiger charge is -2.22. The van der Waals surface area contributed by atoms with Crippen molar-refractivity contribution < 1.29 is 19.1 Å². The Morgan fingerprint density at radius 3 is 2.46 bits per heavy atom. The topological polar surface area (TPSA) is 67.9 Å². The molecule has 1 N–H and O–H groups in total. The quantitative estimate of drug-likeness (QED) is 0.730. The molecule has 0 aliphatic carbocycles. The van der Waals surface area contributed by atoms with Gasteiger partial charge in [0.05, 0.1) is 13.7 Å². The number of amides is 3. The summed E-state index contributed by atoms with van der Waals surface area (Å²) >= 11 is 3.40. The van der Waals surface area contributed by atoms with Gasteiger partial charge >= 0.3 is 6.03 Å². The predicted molar refractivity (Wildman–Crippen MR) is 100 cm³/mol. The second-order valence-corrected chi connectivity index (χ2v) is 6.96. The van der Waals surface area contributed by atoms with E-state index in [9.17, 15) is 9.59 Å². The molecule has 1 saturated heterocycles. The van der Waals surface area contributed by atoms with Gasteiger partial charge in [-0.1, -0.05) is 28.1 Å². The summed E-state index contributed by atoms with van der Waals surface area (Å²) in [6, 6.07) is 14.0. The van der Waals surface area contributed by atoms with Crippen LogP contribution in [0.4, 0.5) is 4.79 Å². The Morgan fingerprint density at radius 1 is 1.12 bits per heavy atom. The summed E-state index contributed by atoms with van der Waals surface area (Å²) in [6.45, 7) is 2.08. The van der Waals surface area contributed by atoms with Crippen LogP contribution in [0, 0.1) is 0 Å². The molecule has 7 heteroatoms. The zero-order valence-corrected chi connectivity index (χ0v) is 16.1. The van der Waals surface area contributed by atoms with Gasteiger partial charge in [-0.2, -0.15) is 0 Å². The van der Waals surface area contributed by atoms with Gasteiger partial charge in [0.2, 0.25) is 0 Å². The van der Waals surface area contributed by atoms with E-state index in [1.807, 2.05) is 24.3 Å². The van der Waals surface area contributed by atoms with Crippen molar-refractivity contribution in [3.05, 3.63) is 58.6 Å². The van der Waals surface area contributed by atoms with Crippen molar-refractivity contribution >= 4 is 27.9 Å². The lowest BCUT2D eigenvalue weighted by atomic mass is 9.92. The largest absolute Gasteiger partial charge is 0.497 e. The third-order valence-electron chi connectivity index (χ3n) is 4.32. The first-order chi connectivity index (χ1) is 12.4. The summed E-state index contributed by atoms with van der Waals surface area (Å²) in [5.41, 5.74) is -0.357. The number of benzene rings is 2. The summed E-state index contributed by atoms with van der Waals surface area (Å²) in [6.07, 6.45) is 0. The summed E-state index contributed by atoms with van der Waals surface area (Å²) in [5, 5.41) is 2.78. The van der Waals surface area contributed by atoms with Gasteiger partial charge in [0.15, 0.2) is 0 Å². The minimum atomic E-state index is -1.08. The fraction of sp³-hybridized carbons (Fsp3) is 0.263. The Labute approximate surface area is 160 Å². The van der Waals surface area contributed by atoms with Crippen molar-refractivity contribution in [1.82, 2.24) is 10.2 Å². The maximum atomic E-state index is 12.8. The number of carbonyl (C=O) groups is 2. The number of urea groups is 1. The minimum absolute atomic E-state index is 0.167. The normalized spacial score (nSPS) is 19.4. The van der Waals surface area contributed by atoms with E-state index < -0.39 is 11.6 Å². The molecule has 2 aromatic rings. The molecular weight excluding hydrogens is 400 g/mol. The number of halogens is 1. The number of rotatable bonds is 6. The molecule has 1 aliphatic rings. The van der Waals surface area contributed by atoms with Gasteiger partial charge in [-0.3, -0.25) is 9.69 Å². The Balaban J connectivity index is 1.65. The SMILES string of the molecule is COc1ccc(OCCN2C(=O)NC(C)(c3cccc(Br)c3)C2=O)cc1. The molecule has 1 unspecified atom stereocenters. The number of hydrogen-bond donors (Lipinski definition) is 1. The van der Waals surface area contributed by atoms with Crippen LogP contribution in [0.5, 0.6) is 11.5 Å². The molecule has 6 nitrogen and oxygen atoms in total. The Morgan fingerprint density at radius 2 is 1.81 bits per heavy atom. The van der Waals surface area contributed by atoms with Crippen LogP contribution in [0.3, 0.4) is 0 Å². The first-order valence-electron chi connectivity index (χ1n) is 8.11. The highest BCUT2D eigenvalue weighted by atomic mass is 79.9. The third kappa shape index (κ3) is 3.53. The van der Waals surface area contributed by atoms with Crippen molar-refractivity contribution in [1.29, 1.82) is 0 Å². The predicted octanol–water partition coefficient (Wildman–Crippen LogP) is 3.30. The highest BCUT2D eigenvalue weighted by Gasteiger charge is 2.48. The standard InChI is InChI=1S/C19H19BrN2O4/c1-19(13-4-3-5-14(20)12-13)17(23)22(18(24)21-19)10-11-26-16-8-6-15(25-2)7-9-16/h3-9,12H,10-11H2,1-2H3,(H,21,24). The van der Waals surface area contributed by atoms with Gasteiger partial charge in [-0.05, 0) is 48.9 Å². The fourth-order valence-corrected chi connectivity index (χ4v) is 3.22. The van der Waals surface area contributed by atoms with Gasteiger partial charge in [0, 0.05) is 4.47 Å². The summed E-state index contributed by atoms with van der Waals surface area (Å²) in [4.78, 5) is 26.3. The summed E-state index contributed by atoms with van der Waals surface area (Å²) < 4.78 is 11.6. The van der Waals surface area contributed by atoms with E-state index in [2.05, 4.69) is 21.2 Å². The molecule has 2 aromatic carbocycles. The molecule has 0 aromatic heterocycles. The molecule has 1 atom stereocenters. The van der Waals surface area contributed by atoms with Crippen LogP contribution in [0.15, 0.2) is 53.0 Å². The van der Waals surface area contributed by atoms with Gasteiger partial charge in [0.25, 0.3) is 5.91 Å². The zero-order valence-electron chi connectivity index (χ0n) is 14.5.